The summed E-state index contributed by atoms with van der Waals surface area (Å²) in [5, 5.41) is 10.1. The van der Waals surface area contributed by atoms with Gasteiger partial charge in [0.1, 0.15) is 5.82 Å². The van der Waals surface area contributed by atoms with Gasteiger partial charge in [0.15, 0.2) is 5.69 Å². The number of carboxylic acids is 1. The first kappa shape index (κ1) is 10.8. The fourth-order valence-corrected chi connectivity index (χ4v) is 1.64. The molecule has 5 heteroatoms. The number of carbonyl (C=O) groups is 1. The minimum atomic E-state index is -1.05. The molecular formula is C11H9ClN2O2. The minimum Gasteiger partial charge on any atom is -0.476 e. The predicted octanol–water partition coefficient (Wildman–Crippen LogP) is 2.54. The third-order valence-corrected chi connectivity index (χ3v) is 2.46. The quantitative estimate of drug-likeness (QED) is 0.870. The third kappa shape index (κ3) is 1.84. The van der Waals surface area contributed by atoms with Crippen LogP contribution in [0.1, 0.15) is 23.2 Å². The molecule has 82 valence electrons. The lowest BCUT2D eigenvalue weighted by Crippen LogP contribution is -2.06. The first-order valence-corrected chi connectivity index (χ1v) is 5.19. The Hall–Kier alpha value is -1.68. The molecule has 4 nitrogen and oxygen atoms in total. The predicted molar refractivity (Wildman–Crippen MR) is 60.9 cm³/mol. The topological polar surface area (TPSA) is 63.1 Å². The number of aromatic nitrogens is 2. The van der Waals surface area contributed by atoms with Crippen LogP contribution in [0.2, 0.25) is 5.02 Å². The number of hydrogen-bond donors (Lipinski definition) is 1. The number of aromatic carboxylic acids is 1. The molecule has 0 radical (unpaired) electrons. The summed E-state index contributed by atoms with van der Waals surface area (Å²) in [6.45, 7) is 1.87. The number of hydrogen-bond acceptors (Lipinski definition) is 3. The number of benzene rings is 1. The summed E-state index contributed by atoms with van der Waals surface area (Å²) < 4.78 is 0. The van der Waals surface area contributed by atoms with E-state index < -0.39 is 5.97 Å². The van der Waals surface area contributed by atoms with Gasteiger partial charge in [-0.05, 0) is 18.2 Å². The van der Waals surface area contributed by atoms with Crippen molar-refractivity contribution in [2.75, 3.05) is 0 Å². The number of halogens is 1. The lowest BCUT2D eigenvalue weighted by molar-refractivity contribution is 0.0692. The van der Waals surface area contributed by atoms with Crippen molar-refractivity contribution in [1.29, 1.82) is 0 Å². The second kappa shape index (κ2) is 4.06. The Labute approximate surface area is 96.9 Å². The van der Waals surface area contributed by atoms with E-state index in [1.807, 2.05) is 6.92 Å². The normalized spacial score (nSPS) is 10.6. The van der Waals surface area contributed by atoms with Gasteiger partial charge in [0.05, 0.1) is 5.52 Å². The van der Waals surface area contributed by atoms with Crippen molar-refractivity contribution >= 4 is 28.5 Å². The average Bonchev–Trinajstić information content (AvgIpc) is 2.26. The van der Waals surface area contributed by atoms with Crippen molar-refractivity contribution in [2.24, 2.45) is 0 Å². The molecular weight excluding hydrogens is 228 g/mol. The molecule has 1 heterocycles. The van der Waals surface area contributed by atoms with Crippen LogP contribution in [-0.2, 0) is 6.42 Å². The molecule has 0 atom stereocenters. The molecule has 16 heavy (non-hydrogen) atoms. The van der Waals surface area contributed by atoms with Crippen molar-refractivity contribution in [3.63, 3.8) is 0 Å². The summed E-state index contributed by atoms with van der Waals surface area (Å²) in [5.41, 5.74) is 0.593. The van der Waals surface area contributed by atoms with E-state index in [0.717, 1.165) is 0 Å². The monoisotopic (exact) mass is 236 g/mol. The molecule has 0 spiro atoms. The molecule has 0 unspecified atom stereocenters. The van der Waals surface area contributed by atoms with Crippen LogP contribution in [-0.4, -0.2) is 21.0 Å². The van der Waals surface area contributed by atoms with Crippen LogP contribution in [0, 0.1) is 0 Å². The number of carboxylic acid groups (broad SMARTS) is 1. The van der Waals surface area contributed by atoms with E-state index in [-0.39, 0.29) is 5.69 Å². The Morgan fingerprint density at radius 2 is 2.19 bits per heavy atom. The molecule has 0 aliphatic carbocycles. The second-order valence-electron chi connectivity index (χ2n) is 3.31. The smallest absolute Gasteiger partial charge is 0.355 e. The van der Waals surface area contributed by atoms with Crippen molar-refractivity contribution in [1.82, 2.24) is 9.97 Å². The molecule has 1 N–H and O–H groups in total. The first-order chi connectivity index (χ1) is 7.61. The lowest BCUT2D eigenvalue weighted by Gasteiger charge is -2.04. The van der Waals surface area contributed by atoms with Gasteiger partial charge in [-0.3, -0.25) is 0 Å². The highest BCUT2D eigenvalue weighted by Gasteiger charge is 2.13. The molecule has 0 bridgehead atoms. The van der Waals surface area contributed by atoms with Gasteiger partial charge in [-0.15, -0.1) is 0 Å². The van der Waals surface area contributed by atoms with Gasteiger partial charge in [-0.2, -0.15) is 0 Å². The summed E-state index contributed by atoms with van der Waals surface area (Å²) in [7, 11) is 0. The van der Waals surface area contributed by atoms with Gasteiger partial charge < -0.3 is 5.11 Å². The van der Waals surface area contributed by atoms with Crippen molar-refractivity contribution in [3.8, 4) is 0 Å². The van der Waals surface area contributed by atoms with Crippen LogP contribution >= 0.6 is 11.6 Å². The van der Waals surface area contributed by atoms with Gasteiger partial charge >= 0.3 is 5.97 Å². The lowest BCUT2D eigenvalue weighted by atomic mass is 10.2. The molecule has 0 aliphatic heterocycles. The summed E-state index contributed by atoms with van der Waals surface area (Å²) in [4.78, 5) is 19.3. The van der Waals surface area contributed by atoms with Gasteiger partial charge in [-0.1, -0.05) is 18.5 Å². The van der Waals surface area contributed by atoms with E-state index in [4.69, 9.17) is 16.7 Å². The van der Waals surface area contributed by atoms with Gasteiger partial charge in [0, 0.05) is 16.8 Å². The molecule has 1 aromatic carbocycles. The number of rotatable bonds is 2. The molecule has 0 saturated heterocycles. The van der Waals surface area contributed by atoms with Gasteiger partial charge in [0.25, 0.3) is 0 Å². The Morgan fingerprint density at radius 3 is 2.81 bits per heavy atom. The number of nitrogens with zero attached hydrogens (tertiary/aromatic N) is 2. The van der Waals surface area contributed by atoms with E-state index in [9.17, 15) is 4.79 Å². The van der Waals surface area contributed by atoms with Crippen LogP contribution in [0.15, 0.2) is 18.2 Å². The van der Waals surface area contributed by atoms with E-state index >= 15 is 0 Å². The van der Waals surface area contributed by atoms with Crippen molar-refractivity contribution in [3.05, 3.63) is 34.7 Å². The fraction of sp³-hybridized carbons (Fsp3) is 0.182. The zero-order valence-corrected chi connectivity index (χ0v) is 9.32. The van der Waals surface area contributed by atoms with Crippen molar-refractivity contribution < 1.29 is 9.90 Å². The maximum atomic E-state index is 11.0. The second-order valence-corrected chi connectivity index (χ2v) is 3.75. The highest BCUT2D eigenvalue weighted by Crippen LogP contribution is 2.20. The maximum absolute atomic E-state index is 11.0. The Morgan fingerprint density at radius 1 is 1.44 bits per heavy atom. The zero-order valence-electron chi connectivity index (χ0n) is 8.57. The number of aryl methyl sites for hydroxylation is 1. The molecule has 0 fully saturated rings. The highest BCUT2D eigenvalue weighted by atomic mass is 35.5. The zero-order chi connectivity index (χ0) is 11.7. The Balaban J connectivity index is 2.81. The number of fused-ring (bicyclic) bond motifs is 1. The van der Waals surface area contributed by atoms with E-state index in [2.05, 4.69) is 9.97 Å². The summed E-state index contributed by atoms with van der Waals surface area (Å²) >= 11 is 5.84. The molecule has 0 amide bonds. The van der Waals surface area contributed by atoms with Crippen LogP contribution < -0.4 is 0 Å². The van der Waals surface area contributed by atoms with Crippen LogP contribution in [0.4, 0.5) is 0 Å². The fourth-order valence-electron chi connectivity index (χ4n) is 1.47. The highest BCUT2D eigenvalue weighted by molar-refractivity contribution is 6.31. The molecule has 0 aliphatic rings. The summed E-state index contributed by atoms with van der Waals surface area (Å²) in [5.74, 6) is -0.545. The molecule has 1 aromatic heterocycles. The van der Waals surface area contributed by atoms with Crippen molar-refractivity contribution in [2.45, 2.75) is 13.3 Å². The molecule has 2 rings (SSSR count). The SMILES string of the molecule is CCc1nc(C(=O)O)c2ccc(Cl)cc2n1. The maximum Gasteiger partial charge on any atom is 0.355 e. The van der Waals surface area contributed by atoms with Crippen LogP contribution in [0.5, 0.6) is 0 Å². The van der Waals surface area contributed by atoms with E-state index in [0.29, 0.717) is 28.2 Å². The van der Waals surface area contributed by atoms with E-state index in [1.165, 1.54) is 0 Å². The minimum absolute atomic E-state index is 0.0264. The largest absolute Gasteiger partial charge is 0.476 e. The third-order valence-electron chi connectivity index (χ3n) is 2.22. The first-order valence-electron chi connectivity index (χ1n) is 4.81. The Kier molecular flexibility index (Phi) is 2.75. The summed E-state index contributed by atoms with van der Waals surface area (Å²) in [6.07, 6.45) is 0.586. The molecule has 2 aromatic rings. The Bertz CT molecular complexity index is 569. The van der Waals surface area contributed by atoms with Gasteiger partial charge in [-0.25, -0.2) is 14.8 Å². The van der Waals surface area contributed by atoms with Crippen LogP contribution in [0.3, 0.4) is 0 Å². The van der Waals surface area contributed by atoms with Crippen LogP contribution in [0.25, 0.3) is 10.9 Å². The van der Waals surface area contributed by atoms with Gasteiger partial charge in [0.2, 0.25) is 0 Å². The van der Waals surface area contributed by atoms with E-state index in [1.54, 1.807) is 18.2 Å². The summed E-state index contributed by atoms with van der Waals surface area (Å²) in [6, 6.07) is 4.90. The molecule has 0 saturated carbocycles. The standard InChI is InChI=1S/C11H9ClN2O2/c1-2-9-13-8-5-6(12)3-4-7(8)10(14-9)11(15)16/h3-5H,2H2,1H3,(H,15,16). The average molecular weight is 237 g/mol.